The van der Waals surface area contributed by atoms with E-state index in [9.17, 15) is 13.2 Å². The lowest BCUT2D eigenvalue weighted by atomic mass is 10.1. The molecule has 5 nitrogen and oxygen atoms in total. The highest BCUT2D eigenvalue weighted by Gasteiger charge is 2.67. The fourth-order valence-electron chi connectivity index (χ4n) is 3.14. The Morgan fingerprint density at radius 3 is 2.28 bits per heavy atom. The lowest BCUT2D eigenvalue weighted by Crippen LogP contribution is -2.29. The molecule has 1 fully saturated rings. The number of hydrogen-bond acceptors (Lipinski definition) is 5. The number of halogens is 2. The number of carbonyl (C=O) groups is 1. The predicted molar refractivity (Wildman–Crippen MR) is 96.1 cm³/mol. The SMILES string of the molecule is CCOC(=O)C1C(C(OS(=O)(=O)c2ccc(C)cc2)C(Cl)Cl)C1(C)C. The van der Waals surface area contributed by atoms with E-state index in [0.717, 1.165) is 5.56 Å². The van der Waals surface area contributed by atoms with E-state index in [2.05, 4.69) is 0 Å². The summed E-state index contributed by atoms with van der Waals surface area (Å²) in [6, 6.07) is 6.26. The average molecular weight is 409 g/mol. The first-order valence-electron chi connectivity index (χ1n) is 7.97. The summed E-state index contributed by atoms with van der Waals surface area (Å²) in [6.07, 6.45) is -1.04. The first-order chi connectivity index (χ1) is 11.5. The molecular formula is C17H22Cl2O5S. The highest BCUT2D eigenvalue weighted by molar-refractivity contribution is 7.86. The van der Waals surface area contributed by atoms with Crippen molar-refractivity contribution >= 4 is 39.3 Å². The summed E-state index contributed by atoms with van der Waals surface area (Å²) in [4.78, 5) is 11.0. The standard InChI is InChI=1S/C17H22Cl2O5S/c1-5-23-16(20)13-12(17(13,3)4)14(15(18)19)24-25(21,22)11-8-6-10(2)7-9-11/h6-9,12-15H,5H2,1-4H3. The summed E-state index contributed by atoms with van der Waals surface area (Å²) < 4.78 is 35.5. The number of benzene rings is 1. The molecule has 2 rings (SSSR count). The van der Waals surface area contributed by atoms with E-state index < -0.39 is 44.3 Å². The summed E-state index contributed by atoms with van der Waals surface area (Å²) in [5, 5.41) is 0. The van der Waals surface area contributed by atoms with Crippen molar-refractivity contribution in [1.29, 1.82) is 0 Å². The molecule has 1 aromatic rings. The molecule has 0 bridgehead atoms. The Labute approximate surface area is 158 Å². The van der Waals surface area contributed by atoms with Gasteiger partial charge in [0.05, 0.1) is 17.4 Å². The summed E-state index contributed by atoms with van der Waals surface area (Å²) in [7, 11) is -4.06. The number of esters is 1. The van der Waals surface area contributed by atoms with E-state index in [1.54, 1.807) is 19.1 Å². The van der Waals surface area contributed by atoms with Gasteiger partial charge >= 0.3 is 5.97 Å². The average Bonchev–Trinajstić information content (AvgIpc) is 3.07. The van der Waals surface area contributed by atoms with Crippen LogP contribution in [-0.2, 0) is 23.8 Å². The third kappa shape index (κ3) is 4.30. The van der Waals surface area contributed by atoms with Crippen molar-refractivity contribution in [2.75, 3.05) is 6.61 Å². The molecule has 1 aliphatic carbocycles. The molecule has 3 atom stereocenters. The lowest BCUT2D eigenvalue weighted by molar-refractivity contribution is -0.146. The van der Waals surface area contributed by atoms with Crippen LogP contribution >= 0.6 is 23.2 Å². The van der Waals surface area contributed by atoms with Crippen LogP contribution in [0.5, 0.6) is 0 Å². The van der Waals surface area contributed by atoms with Crippen LogP contribution in [0.4, 0.5) is 0 Å². The fraction of sp³-hybridized carbons (Fsp3) is 0.588. The Morgan fingerprint density at radius 2 is 1.80 bits per heavy atom. The Balaban J connectivity index is 2.25. The van der Waals surface area contributed by atoms with Crippen molar-refractivity contribution in [3.05, 3.63) is 29.8 Å². The zero-order valence-corrected chi connectivity index (χ0v) is 16.9. The minimum Gasteiger partial charge on any atom is -0.466 e. The molecule has 0 N–H and O–H groups in total. The maximum Gasteiger partial charge on any atom is 0.309 e. The van der Waals surface area contributed by atoms with Gasteiger partial charge in [0.15, 0.2) is 0 Å². The number of hydrogen-bond donors (Lipinski definition) is 0. The number of aryl methyl sites for hydroxylation is 1. The molecule has 3 unspecified atom stereocenters. The Morgan fingerprint density at radius 1 is 1.24 bits per heavy atom. The van der Waals surface area contributed by atoms with Crippen LogP contribution in [0.1, 0.15) is 26.3 Å². The Kier molecular flexibility index (Phi) is 6.09. The van der Waals surface area contributed by atoms with E-state index in [1.807, 2.05) is 20.8 Å². The van der Waals surface area contributed by atoms with Gasteiger partial charge in [0, 0.05) is 5.92 Å². The number of rotatable bonds is 7. The molecular weight excluding hydrogens is 387 g/mol. The van der Waals surface area contributed by atoms with Crippen LogP contribution in [-0.4, -0.2) is 31.9 Å². The van der Waals surface area contributed by atoms with Crippen LogP contribution < -0.4 is 0 Å². The van der Waals surface area contributed by atoms with Crippen LogP contribution in [0.25, 0.3) is 0 Å². The Hall–Kier alpha value is -0.820. The van der Waals surface area contributed by atoms with Gasteiger partial charge in [-0.15, -0.1) is 23.2 Å². The van der Waals surface area contributed by atoms with E-state index >= 15 is 0 Å². The van der Waals surface area contributed by atoms with Crippen LogP contribution in [0.2, 0.25) is 0 Å². The van der Waals surface area contributed by atoms with Gasteiger partial charge in [0.1, 0.15) is 10.9 Å². The number of ether oxygens (including phenoxy) is 1. The summed E-state index contributed by atoms with van der Waals surface area (Å²) in [5.74, 6) is -1.36. The second-order valence-electron chi connectivity index (χ2n) is 6.74. The van der Waals surface area contributed by atoms with Crippen molar-refractivity contribution < 1.29 is 22.1 Å². The number of carbonyl (C=O) groups excluding carboxylic acids is 1. The third-order valence-corrected chi connectivity index (χ3v) is 6.42. The van der Waals surface area contributed by atoms with Crippen molar-refractivity contribution in [3.63, 3.8) is 0 Å². The highest BCUT2D eigenvalue weighted by atomic mass is 35.5. The molecule has 0 aliphatic heterocycles. The predicted octanol–water partition coefficient (Wildman–Crippen LogP) is 3.71. The third-order valence-electron chi connectivity index (χ3n) is 4.60. The maximum absolute atomic E-state index is 12.5. The second kappa shape index (κ2) is 7.43. The van der Waals surface area contributed by atoms with Gasteiger partial charge in [-0.2, -0.15) is 8.42 Å². The summed E-state index contributed by atoms with van der Waals surface area (Å²) in [5.41, 5.74) is 0.413. The largest absolute Gasteiger partial charge is 0.466 e. The first kappa shape index (κ1) is 20.5. The van der Waals surface area contributed by atoms with Gasteiger partial charge in [-0.25, -0.2) is 0 Å². The van der Waals surface area contributed by atoms with E-state index in [4.69, 9.17) is 32.1 Å². The molecule has 0 radical (unpaired) electrons. The monoisotopic (exact) mass is 408 g/mol. The molecule has 0 aromatic heterocycles. The quantitative estimate of drug-likeness (QED) is 0.390. The van der Waals surface area contributed by atoms with Crippen LogP contribution in [0.15, 0.2) is 29.2 Å². The van der Waals surface area contributed by atoms with Gasteiger partial charge in [0.25, 0.3) is 10.1 Å². The second-order valence-corrected chi connectivity index (χ2v) is 9.48. The lowest BCUT2D eigenvalue weighted by Gasteiger charge is -2.20. The summed E-state index contributed by atoms with van der Waals surface area (Å²) >= 11 is 12.0. The minimum absolute atomic E-state index is 0.0169. The van der Waals surface area contributed by atoms with Crippen molar-refractivity contribution in [2.45, 2.75) is 43.5 Å². The first-order valence-corrected chi connectivity index (χ1v) is 10.2. The molecule has 0 saturated heterocycles. The molecule has 1 aliphatic rings. The van der Waals surface area contributed by atoms with E-state index in [1.165, 1.54) is 12.1 Å². The molecule has 0 amide bonds. The normalized spacial score (nSPS) is 23.3. The molecule has 0 heterocycles. The van der Waals surface area contributed by atoms with E-state index in [-0.39, 0.29) is 11.5 Å². The highest BCUT2D eigenvalue weighted by Crippen LogP contribution is 2.62. The summed E-state index contributed by atoms with van der Waals surface area (Å²) in [6.45, 7) is 7.49. The molecule has 25 heavy (non-hydrogen) atoms. The Bertz CT molecular complexity index is 728. The van der Waals surface area contributed by atoms with Crippen molar-refractivity contribution in [1.82, 2.24) is 0 Å². The zero-order chi connectivity index (χ0) is 19.0. The van der Waals surface area contributed by atoms with Gasteiger partial charge in [-0.05, 0) is 31.4 Å². The van der Waals surface area contributed by atoms with Gasteiger partial charge in [-0.1, -0.05) is 31.5 Å². The fourth-order valence-corrected chi connectivity index (χ4v) is 4.78. The topological polar surface area (TPSA) is 69.7 Å². The zero-order valence-electron chi connectivity index (χ0n) is 14.5. The minimum atomic E-state index is -4.06. The van der Waals surface area contributed by atoms with Crippen molar-refractivity contribution in [2.24, 2.45) is 17.3 Å². The van der Waals surface area contributed by atoms with Gasteiger partial charge < -0.3 is 4.74 Å². The smallest absolute Gasteiger partial charge is 0.309 e. The molecule has 140 valence electrons. The molecule has 1 aromatic carbocycles. The maximum atomic E-state index is 12.5. The van der Waals surface area contributed by atoms with Crippen molar-refractivity contribution in [3.8, 4) is 0 Å². The molecule has 8 heteroatoms. The van der Waals surface area contributed by atoms with Gasteiger partial charge in [0.2, 0.25) is 0 Å². The van der Waals surface area contributed by atoms with E-state index in [0.29, 0.717) is 0 Å². The van der Waals surface area contributed by atoms with Gasteiger partial charge in [-0.3, -0.25) is 8.98 Å². The molecule has 1 saturated carbocycles. The van der Waals surface area contributed by atoms with Crippen LogP contribution in [0, 0.1) is 24.2 Å². The molecule has 0 spiro atoms. The van der Waals surface area contributed by atoms with Crippen LogP contribution in [0.3, 0.4) is 0 Å². The number of alkyl halides is 2.